The molecule has 0 heterocycles. The Morgan fingerprint density at radius 2 is 0.714 bits per heavy atom. The Hall–Kier alpha value is -0.160. The van der Waals surface area contributed by atoms with E-state index in [4.69, 9.17) is 21.0 Å². The summed E-state index contributed by atoms with van der Waals surface area (Å²) in [7, 11) is 0. The monoisotopic (exact) mass is 210 g/mol. The zero-order valence-corrected chi connectivity index (χ0v) is 9.45. The minimum absolute atomic E-state index is 1.37. The van der Waals surface area contributed by atoms with Gasteiger partial charge >= 0.3 is 0 Å². The third-order valence-corrected chi connectivity index (χ3v) is 1.96. The van der Waals surface area contributed by atoms with Crippen LogP contribution in [0.25, 0.3) is 0 Å². The van der Waals surface area contributed by atoms with Gasteiger partial charge in [-0.25, -0.2) is 0 Å². The summed E-state index contributed by atoms with van der Waals surface area (Å²) in [4.78, 5) is 0. The molecule has 0 aromatic carbocycles. The quantitative estimate of drug-likeness (QED) is 0.288. The van der Waals surface area contributed by atoms with E-state index < -0.39 is 0 Å². The van der Waals surface area contributed by atoms with E-state index in [1.54, 1.807) is 0 Å². The number of rotatable bonds is 7. The van der Waals surface area contributed by atoms with E-state index in [9.17, 15) is 0 Å². The molecule has 0 aromatic rings. The Kier molecular flexibility index (Phi) is 40.6. The van der Waals surface area contributed by atoms with Crippen LogP contribution in [0.4, 0.5) is 0 Å². The van der Waals surface area contributed by atoms with Gasteiger partial charge in [0.25, 0.3) is 0 Å². The van der Waals surface area contributed by atoms with Crippen LogP contribution in [-0.2, 0) is 0 Å². The lowest BCUT2D eigenvalue weighted by molar-refractivity contribution is -0.176. The van der Waals surface area contributed by atoms with E-state index in [0.29, 0.717) is 0 Å². The normalized spacial score (nSPS) is 8.14. The largest absolute Gasteiger partial charge is 0.255 e. The first-order chi connectivity index (χ1) is 6.91. The van der Waals surface area contributed by atoms with E-state index >= 15 is 0 Å². The Morgan fingerprint density at radius 1 is 0.500 bits per heavy atom. The Balaban J connectivity index is -0.000000266. The fraction of sp³-hybridized carbons (Fsp3) is 1.00. The van der Waals surface area contributed by atoms with E-state index in [-0.39, 0.29) is 0 Å². The molecule has 0 saturated carbocycles. The molecule has 0 aromatic heterocycles. The van der Waals surface area contributed by atoms with Crippen LogP contribution in [0.5, 0.6) is 0 Å². The first-order valence-corrected chi connectivity index (χ1v) is 5.31. The molecular weight excluding hydrogens is 184 g/mol. The molecule has 0 bridgehead atoms. The van der Waals surface area contributed by atoms with Crippen molar-refractivity contribution in [2.75, 3.05) is 0 Å². The summed E-state index contributed by atoms with van der Waals surface area (Å²) in [5.41, 5.74) is 0. The topological polar surface area (TPSA) is 80.9 Å². The van der Waals surface area contributed by atoms with Crippen molar-refractivity contribution < 1.29 is 21.0 Å². The molecule has 0 radical (unpaired) electrons. The molecule has 0 atom stereocenters. The van der Waals surface area contributed by atoms with Crippen LogP contribution in [0.3, 0.4) is 0 Å². The SMILES string of the molecule is CCCCCCCCCC.OO.OO. The van der Waals surface area contributed by atoms with Crippen molar-refractivity contribution in [3.05, 3.63) is 0 Å². The van der Waals surface area contributed by atoms with Crippen LogP contribution in [0, 0.1) is 0 Å². The van der Waals surface area contributed by atoms with E-state index in [0.717, 1.165) is 0 Å². The minimum atomic E-state index is 1.37. The van der Waals surface area contributed by atoms with Gasteiger partial charge in [-0.2, -0.15) is 0 Å². The minimum Gasteiger partial charge on any atom is -0.255 e. The first kappa shape index (κ1) is 19.4. The lowest BCUT2D eigenvalue weighted by atomic mass is 10.1. The van der Waals surface area contributed by atoms with Crippen LogP contribution < -0.4 is 0 Å². The highest BCUT2D eigenvalue weighted by Crippen LogP contribution is 2.07. The van der Waals surface area contributed by atoms with Gasteiger partial charge in [0.1, 0.15) is 0 Å². The Morgan fingerprint density at radius 3 is 0.929 bits per heavy atom. The van der Waals surface area contributed by atoms with Gasteiger partial charge in [-0.05, 0) is 0 Å². The molecule has 4 N–H and O–H groups in total. The molecule has 0 unspecified atom stereocenters. The summed E-state index contributed by atoms with van der Waals surface area (Å²) in [6.45, 7) is 4.54. The van der Waals surface area contributed by atoms with Crippen molar-refractivity contribution >= 4 is 0 Å². The van der Waals surface area contributed by atoms with Crippen LogP contribution in [0.1, 0.15) is 65.2 Å². The Bertz CT molecular complexity index is 52.1. The average Bonchev–Trinajstić information content (AvgIpc) is 2.29. The van der Waals surface area contributed by atoms with E-state index in [1.807, 2.05) is 0 Å². The standard InChI is InChI=1S/C10H22.2H2O2/c1-3-5-7-9-10-8-6-4-2;2*1-2/h3-10H2,1-2H3;2*1-2H. The third kappa shape index (κ3) is 29.7. The van der Waals surface area contributed by atoms with Crippen molar-refractivity contribution in [2.24, 2.45) is 0 Å². The molecule has 4 heteroatoms. The number of hydrogen-bond acceptors (Lipinski definition) is 4. The smallest absolute Gasteiger partial charge is 0.0533 e. The summed E-state index contributed by atoms with van der Waals surface area (Å²) in [5, 5.41) is 24.0. The van der Waals surface area contributed by atoms with Crippen molar-refractivity contribution in [3.8, 4) is 0 Å². The third-order valence-electron chi connectivity index (χ3n) is 1.96. The molecular formula is C10H26O4. The van der Waals surface area contributed by atoms with Crippen molar-refractivity contribution in [1.82, 2.24) is 0 Å². The zero-order valence-electron chi connectivity index (χ0n) is 9.45. The second kappa shape index (κ2) is 29.3. The van der Waals surface area contributed by atoms with Gasteiger partial charge < -0.3 is 0 Å². The molecule has 4 nitrogen and oxygen atoms in total. The fourth-order valence-electron chi connectivity index (χ4n) is 1.21. The molecule has 0 fully saturated rings. The zero-order chi connectivity index (χ0) is 11.7. The van der Waals surface area contributed by atoms with Gasteiger partial charge in [0, 0.05) is 0 Å². The summed E-state index contributed by atoms with van der Waals surface area (Å²) in [6, 6.07) is 0. The van der Waals surface area contributed by atoms with Gasteiger partial charge in [0.15, 0.2) is 0 Å². The fourth-order valence-corrected chi connectivity index (χ4v) is 1.21. The predicted octanol–water partition coefficient (Wildman–Crippen LogP) is 4.18. The highest BCUT2D eigenvalue weighted by atomic mass is 17.0. The summed E-state index contributed by atoms with van der Waals surface area (Å²) in [6.07, 6.45) is 11.5. The molecule has 0 aliphatic carbocycles. The maximum Gasteiger partial charge on any atom is -0.0533 e. The lowest BCUT2D eigenvalue weighted by Crippen LogP contribution is -1.77. The number of unbranched alkanes of at least 4 members (excludes halogenated alkanes) is 7. The molecule has 0 aliphatic rings. The maximum atomic E-state index is 6.00. The second-order valence-electron chi connectivity index (χ2n) is 3.12. The number of hydrogen-bond donors (Lipinski definition) is 4. The maximum absolute atomic E-state index is 6.00. The van der Waals surface area contributed by atoms with E-state index in [2.05, 4.69) is 13.8 Å². The summed E-state index contributed by atoms with van der Waals surface area (Å²) < 4.78 is 0. The summed E-state index contributed by atoms with van der Waals surface area (Å²) in [5.74, 6) is 0. The molecule has 0 aliphatic heterocycles. The molecule has 14 heavy (non-hydrogen) atoms. The molecule has 0 amide bonds. The van der Waals surface area contributed by atoms with Gasteiger partial charge in [0.05, 0.1) is 0 Å². The first-order valence-electron chi connectivity index (χ1n) is 5.31. The molecule has 90 valence electrons. The highest BCUT2D eigenvalue weighted by molar-refractivity contribution is 4.43. The lowest BCUT2D eigenvalue weighted by Gasteiger charge is -1.97. The van der Waals surface area contributed by atoms with Crippen LogP contribution in [0.15, 0.2) is 0 Å². The summed E-state index contributed by atoms with van der Waals surface area (Å²) >= 11 is 0. The van der Waals surface area contributed by atoms with Gasteiger partial charge in [0.2, 0.25) is 0 Å². The van der Waals surface area contributed by atoms with E-state index in [1.165, 1.54) is 51.4 Å². The average molecular weight is 210 g/mol. The van der Waals surface area contributed by atoms with Crippen molar-refractivity contribution in [2.45, 2.75) is 65.2 Å². The van der Waals surface area contributed by atoms with Gasteiger partial charge in [-0.3, -0.25) is 21.0 Å². The highest BCUT2D eigenvalue weighted by Gasteiger charge is 1.87. The van der Waals surface area contributed by atoms with Gasteiger partial charge in [-0.15, -0.1) is 0 Å². The van der Waals surface area contributed by atoms with Crippen LogP contribution in [0.2, 0.25) is 0 Å². The van der Waals surface area contributed by atoms with Crippen LogP contribution >= 0.6 is 0 Å². The molecule has 0 saturated heterocycles. The van der Waals surface area contributed by atoms with Gasteiger partial charge in [-0.1, -0.05) is 65.2 Å². The van der Waals surface area contributed by atoms with Crippen molar-refractivity contribution in [1.29, 1.82) is 0 Å². The molecule has 0 spiro atoms. The predicted molar refractivity (Wildman–Crippen MR) is 58.8 cm³/mol. The molecule has 0 rings (SSSR count). The Labute approximate surface area is 87.1 Å². The second-order valence-corrected chi connectivity index (χ2v) is 3.12. The van der Waals surface area contributed by atoms with Crippen molar-refractivity contribution in [3.63, 3.8) is 0 Å². The van der Waals surface area contributed by atoms with Crippen LogP contribution in [-0.4, -0.2) is 21.0 Å².